The molecule has 2 aliphatic carbocycles. The van der Waals surface area contributed by atoms with E-state index in [0.717, 1.165) is 18.4 Å². The molecule has 0 spiro atoms. The van der Waals surface area contributed by atoms with Crippen molar-refractivity contribution in [2.75, 3.05) is 6.54 Å². The highest BCUT2D eigenvalue weighted by atomic mass is 16.5. The van der Waals surface area contributed by atoms with Gasteiger partial charge in [-0.25, -0.2) is 0 Å². The predicted molar refractivity (Wildman–Crippen MR) is 85.6 cm³/mol. The highest BCUT2D eigenvalue weighted by molar-refractivity contribution is 4.88. The Kier molecular flexibility index (Phi) is 5.53. The lowest BCUT2D eigenvalue weighted by Gasteiger charge is -2.43. The summed E-state index contributed by atoms with van der Waals surface area (Å²) < 4.78 is 6.59. The fourth-order valence-corrected chi connectivity index (χ4v) is 4.12. The minimum atomic E-state index is 0.402. The van der Waals surface area contributed by atoms with Crippen LogP contribution in [-0.4, -0.2) is 18.8 Å². The molecule has 0 aromatic carbocycles. The summed E-state index contributed by atoms with van der Waals surface area (Å²) in [5.41, 5.74) is 6.41. The molecule has 118 valence electrons. The molecule has 0 aliphatic heterocycles. The van der Waals surface area contributed by atoms with E-state index in [2.05, 4.69) is 27.7 Å². The van der Waals surface area contributed by atoms with Gasteiger partial charge in [0.1, 0.15) is 0 Å². The molecule has 0 saturated heterocycles. The minimum Gasteiger partial charge on any atom is -0.374 e. The van der Waals surface area contributed by atoms with Gasteiger partial charge >= 0.3 is 0 Å². The maximum absolute atomic E-state index is 6.59. The van der Waals surface area contributed by atoms with E-state index in [1.54, 1.807) is 0 Å². The van der Waals surface area contributed by atoms with Crippen molar-refractivity contribution in [1.82, 2.24) is 0 Å². The maximum Gasteiger partial charge on any atom is 0.0622 e. The highest BCUT2D eigenvalue weighted by Crippen LogP contribution is 2.42. The van der Waals surface area contributed by atoms with Crippen LogP contribution in [0.3, 0.4) is 0 Å². The topological polar surface area (TPSA) is 35.2 Å². The molecule has 0 aromatic rings. The Bertz CT molecular complexity index is 296. The molecule has 5 atom stereocenters. The first-order valence-corrected chi connectivity index (χ1v) is 8.77. The third-order valence-corrected chi connectivity index (χ3v) is 5.84. The smallest absolute Gasteiger partial charge is 0.0622 e. The second-order valence-electron chi connectivity index (χ2n) is 8.35. The van der Waals surface area contributed by atoms with Gasteiger partial charge in [0.05, 0.1) is 12.2 Å². The van der Waals surface area contributed by atoms with E-state index in [1.807, 2.05) is 0 Å². The van der Waals surface area contributed by atoms with E-state index in [4.69, 9.17) is 10.5 Å². The molecule has 2 nitrogen and oxygen atoms in total. The zero-order chi connectivity index (χ0) is 14.8. The standard InChI is InChI=1S/C18H35NO/c1-13-7-5-6-8-16(13)20-17-11-15(18(2,3)4)10-9-14(17)12-19/h13-17H,5-12,19H2,1-4H3. The Hall–Kier alpha value is -0.0800. The van der Waals surface area contributed by atoms with Crippen LogP contribution in [0.1, 0.15) is 72.6 Å². The summed E-state index contributed by atoms with van der Waals surface area (Å²) in [6, 6.07) is 0. The third kappa shape index (κ3) is 3.98. The fraction of sp³-hybridized carbons (Fsp3) is 1.00. The Balaban J connectivity index is 1.98. The van der Waals surface area contributed by atoms with Crippen LogP contribution in [0.5, 0.6) is 0 Å². The molecular formula is C18H35NO. The summed E-state index contributed by atoms with van der Waals surface area (Å²) in [5, 5.41) is 0. The normalized spacial score (nSPS) is 39.8. The number of hydrogen-bond donors (Lipinski definition) is 1. The molecular weight excluding hydrogens is 246 g/mol. The largest absolute Gasteiger partial charge is 0.374 e. The lowest BCUT2D eigenvalue weighted by molar-refractivity contribution is -0.107. The SMILES string of the molecule is CC1CCCCC1OC1CC(C(C)(C)C)CCC1CN. The third-order valence-electron chi connectivity index (χ3n) is 5.84. The second kappa shape index (κ2) is 6.79. The average molecular weight is 281 g/mol. The van der Waals surface area contributed by atoms with E-state index >= 15 is 0 Å². The lowest BCUT2D eigenvalue weighted by Crippen LogP contribution is -2.43. The van der Waals surface area contributed by atoms with Crippen molar-refractivity contribution in [2.45, 2.75) is 84.8 Å². The van der Waals surface area contributed by atoms with Crippen molar-refractivity contribution in [3.8, 4) is 0 Å². The van der Waals surface area contributed by atoms with Gasteiger partial charge in [0, 0.05) is 0 Å². The molecule has 0 aromatic heterocycles. The van der Waals surface area contributed by atoms with Crippen LogP contribution in [0, 0.1) is 23.2 Å². The number of nitrogens with two attached hydrogens (primary N) is 1. The molecule has 2 heteroatoms. The first kappa shape index (κ1) is 16.3. The van der Waals surface area contributed by atoms with Gasteiger partial charge in [0.2, 0.25) is 0 Å². The van der Waals surface area contributed by atoms with Crippen LogP contribution in [0.15, 0.2) is 0 Å². The summed E-state index contributed by atoms with van der Waals surface area (Å²) >= 11 is 0. The zero-order valence-corrected chi connectivity index (χ0v) is 14.0. The van der Waals surface area contributed by atoms with Gasteiger partial charge in [-0.15, -0.1) is 0 Å². The average Bonchev–Trinajstić information content (AvgIpc) is 2.40. The Morgan fingerprint density at radius 3 is 2.30 bits per heavy atom. The molecule has 2 saturated carbocycles. The van der Waals surface area contributed by atoms with Crippen LogP contribution >= 0.6 is 0 Å². The molecule has 2 rings (SSSR count). The highest BCUT2D eigenvalue weighted by Gasteiger charge is 2.37. The monoisotopic (exact) mass is 281 g/mol. The summed E-state index contributed by atoms with van der Waals surface area (Å²) in [7, 11) is 0. The van der Waals surface area contributed by atoms with Gasteiger partial charge in [-0.1, -0.05) is 40.5 Å². The Morgan fingerprint density at radius 2 is 1.70 bits per heavy atom. The summed E-state index contributed by atoms with van der Waals surface area (Å²) in [6.07, 6.45) is 10.0. The molecule has 0 radical (unpaired) electrons. The fourth-order valence-electron chi connectivity index (χ4n) is 4.12. The van der Waals surface area contributed by atoms with Crippen molar-refractivity contribution in [2.24, 2.45) is 28.9 Å². The van der Waals surface area contributed by atoms with Crippen molar-refractivity contribution >= 4 is 0 Å². The van der Waals surface area contributed by atoms with E-state index in [-0.39, 0.29) is 0 Å². The van der Waals surface area contributed by atoms with Gasteiger partial charge in [-0.05, 0) is 61.8 Å². The van der Waals surface area contributed by atoms with Crippen LogP contribution in [0.2, 0.25) is 0 Å². The van der Waals surface area contributed by atoms with Gasteiger partial charge < -0.3 is 10.5 Å². The van der Waals surface area contributed by atoms with Crippen molar-refractivity contribution in [3.05, 3.63) is 0 Å². The lowest BCUT2D eigenvalue weighted by atomic mass is 9.68. The van der Waals surface area contributed by atoms with Gasteiger partial charge in [0.15, 0.2) is 0 Å². The van der Waals surface area contributed by atoms with E-state index < -0.39 is 0 Å². The summed E-state index contributed by atoms with van der Waals surface area (Å²) in [5.74, 6) is 2.11. The van der Waals surface area contributed by atoms with Crippen LogP contribution in [0.4, 0.5) is 0 Å². The molecule has 2 aliphatic rings. The molecule has 0 bridgehead atoms. The molecule has 5 unspecified atom stereocenters. The van der Waals surface area contributed by atoms with Gasteiger partial charge in [-0.2, -0.15) is 0 Å². The summed E-state index contributed by atoms with van der Waals surface area (Å²) in [6.45, 7) is 10.3. The van der Waals surface area contributed by atoms with E-state index in [9.17, 15) is 0 Å². The predicted octanol–water partition coefficient (Wildman–Crippen LogP) is 4.37. The number of rotatable bonds is 3. The zero-order valence-electron chi connectivity index (χ0n) is 14.0. The van der Waals surface area contributed by atoms with Gasteiger partial charge in [0.25, 0.3) is 0 Å². The van der Waals surface area contributed by atoms with Gasteiger partial charge in [-0.3, -0.25) is 0 Å². The molecule has 2 fully saturated rings. The van der Waals surface area contributed by atoms with Crippen LogP contribution in [-0.2, 0) is 4.74 Å². The summed E-state index contributed by atoms with van der Waals surface area (Å²) in [4.78, 5) is 0. The molecule has 0 heterocycles. The molecule has 0 amide bonds. The minimum absolute atomic E-state index is 0.402. The van der Waals surface area contributed by atoms with Crippen molar-refractivity contribution < 1.29 is 4.74 Å². The van der Waals surface area contributed by atoms with Crippen LogP contribution < -0.4 is 5.73 Å². The first-order valence-electron chi connectivity index (χ1n) is 8.77. The second-order valence-corrected chi connectivity index (χ2v) is 8.35. The number of hydrogen-bond acceptors (Lipinski definition) is 2. The Labute approximate surface area is 125 Å². The van der Waals surface area contributed by atoms with E-state index in [1.165, 1.54) is 44.9 Å². The van der Waals surface area contributed by atoms with Crippen molar-refractivity contribution in [1.29, 1.82) is 0 Å². The first-order chi connectivity index (χ1) is 9.41. The van der Waals surface area contributed by atoms with E-state index in [0.29, 0.717) is 23.5 Å². The number of ether oxygens (including phenoxy) is 1. The van der Waals surface area contributed by atoms with Crippen LogP contribution in [0.25, 0.3) is 0 Å². The quantitative estimate of drug-likeness (QED) is 0.833. The maximum atomic E-state index is 6.59. The molecule has 2 N–H and O–H groups in total. The van der Waals surface area contributed by atoms with Crippen molar-refractivity contribution in [3.63, 3.8) is 0 Å². The Morgan fingerprint density at radius 1 is 1.00 bits per heavy atom. The molecule has 20 heavy (non-hydrogen) atoms.